The number of rotatable bonds is 3. The third kappa shape index (κ3) is 2.62. The summed E-state index contributed by atoms with van der Waals surface area (Å²) >= 11 is 6.07. The Morgan fingerprint density at radius 2 is 2.00 bits per heavy atom. The lowest BCUT2D eigenvalue weighted by molar-refractivity contribution is 0.398. The number of methoxy groups -OCH3 is 1. The van der Waals surface area contributed by atoms with Crippen molar-refractivity contribution in [2.45, 2.75) is 6.92 Å². The molecular weight excluding hydrogens is 286 g/mol. The number of aryl methyl sites for hydroxylation is 1. The number of hydrogen-bond donors (Lipinski definition) is 1. The van der Waals surface area contributed by atoms with Crippen molar-refractivity contribution >= 4 is 11.6 Å². The van der Waals surface area contributed by atoms with Gasteiger partial charge in [0.1, 0.15) is 5.69 Å². The van der Waals surface area contributed by atoms with Crippen LogP contribution in [0.15, 0.2) is 42.6 Å². The Morgan fingerprint density at radius 3 is 2.67 bits per heavy atom. The second-order valence-corrected chi connectivity index (χ2v) is 5.11. The molecule has 1 aromatic carbocycles. The lowest BCUT2D eigenvalue weighted by atomic mass is 10.0. The maximum atomic E-state index is 6.07. The quantitative estimate of drug-likeness (QED) is 0.792. The van der Waals surface area contributed by atoms with Gasteiger partial charge in [0.2, 0.25) is 5.88 Å². The summed E-state index contributed by atoms with van der Waals surface area (Å²) < 4.78 is 5.10. The molecule has 3 rings (SSSR count). The number of benzene rings is 1. The molecule has 0 atom stereocenters. The van der Waals surface area contributed by atoms with Gasteiger partial charge < -0.3 is 4.74 Å². The van der Waals surface area contributed by atoms with Gasteiger partial charge in [0.05, 0.1) is 7.11 Å². The Bertz CT molecular complexity index is 765. The molecule has 5 heteroatoms. The van der Waals surface area contributed by atoms with Crippen LogP contribution in [0.4, 0.5) is 0 Å². The molecule has 0 saturated heterocycles. The molecule has 0 radical (unpaired) electrons. The van der Waals surface area contributed by atoms with Crippen LogP contribution in [0.25, 0.3) is 22.4 Å². The molecule has 0 aliphatic carbocycles. The van der Waals surface area contributed by atoms with Crippen molar-refractivity contribution in [2.24, 2.45) is 0 Å². The third-order valence-electron chi connectivity index (χ3n) is 3.28. The number of aromatic nitrogens is 3. The van der Waals surface area contributed by atoms with Gasteiger partial charge in [-0.3, -0.25) is 5.10 Å². The molecule has 0 fully saturated rings. The van der Waals surface area contributed by atoms with E-state index in [1.54, 1.807) is 13.3 Å². The van der Waals surface area contributed by atoms with Gasteiger partial charge in [-0.05, 0) is 25.1 Å². The van der Waals surface area contributed by atoms with E-state index in [0.29, 0.717) is 10.9 Å². The fraction of sp³-hybridized carbons (Fsp3) is 0.125. The molecule has 3 aromatic rings. The average Bonchev–Trinajstić information content (AvgIpc) is 2.89. The minimum Gasteiger partial charge on any atom is -0.481 e. The SMILES string of the molecule is COc1ccc(-c2c(-c3cccc(Cl)c3)n[nH]c2C)cn1. The number of aromatic amines is 1. The maximum absolute atomic E-state index is 6.07. The molecule has 0 spiro atoms. The van der Waals surface area contributed by atoms with E-state index < -0.39 is 0 Å². The van der Waals surface area contributed by atoms with Gasteiger partial charge in [0, 0.05) is 39.7 Å². The second kappa shape index (κ2) is 5.58. The van der Waals surface area contributed by atoms with Crippen LogP contribution in [0.2, 0.25) is 5.02 Å². The Balaban J connectivity index is 2.12. The molecule has 106 valence electrons. The molecule has 2 aromatic heterocycles. The first-order valence-corrected chi connectivity index (χ1v) is 6.88. The second-order valence-electron chi connectivity index (χ2n) is 4.67. The summed E-state index contributed by atoms with van der Waals surface area (Å²) in [6.07, 6.45) is 1.78. The van der Waals surface area contributed by atoms with Crippen molar-refractivity contribution < 1.29 is 4.74 Å². The molecule has 4 nitrogen and oxygen atoms in total. The van der Waals surface area contributed by atoms with E-state index in [1.807, 2.05) is 43.3 Å². The first-order chi connectivity index (χ1) is 10.2. The zero-order chi connectivity index (χ0) is 14.8. The lowest BCUT2D eigenvalue weighted by Crippen LogP contribution is -1.89. The highest BCUT2D eigenvalue weighted by molar-refractivity contribution is 6.30. The minimum atomic E-state index is 0.587. The van der Waals surface area contributed by atoms with E-state index in [-0.39, 0.29) is 0 Å². The predicted molar refractivity (Wildman–Crippen MR) is 83.6 cm³/mol. The van der Waals surface area contributed by atoms with Crippen LogP contribution in [0.3, 0.4) is 0 Å². The number of pyridine rings is 1. The summed E-state index contributed by atoms with van der Waals surface area (Å²) in [5, 5.41) is 8.12. The Hall–Kier alpha value is -2.33. The number of ether oxygens (including phenoxy) is 1. The van der Waals surface area contributed by atoms with Crippen LogP contribution in [-0.4, -0.2) is 22.3 Å². The van der Waals surface area contributed by atoms with Crippen molar-refractivity contribution in [3.63, 3.8) is 0 Å². The van der Waals surface area contributed by atoms with Gasteiger partial charge in [-0.2, -0.15) is 5.10 Å². The topological polar surface area (TPSA) is 50.8 Å². The Kier molecular flexibility index (Phi) is 3.62. The van der Waals surface area contributed by atoms with E-state index in [9.17, 15) is 0 Å². The summed E-state index contributed by atoms with van der Waals surface area (Å²) in [7, 11) is 1.60. The summed E-state index contributed by atoms with van der Waals surface area (Å²) in [5.41, 5.74) is 4.82. The van der Waals surface area contributed by atoms with Crippen molar-refractivity contribution in [3.8, 4) is 28.3 Å². The van der Waals surface area contributed by atoms with Crippen molar-refractivity contribution in [1.29, 1.82) is 0 Å². The van der Waals surface area contributed by atoms with E-state index in [4.69, 9.17) is 16.3 Å². The molecule has 21 heavy (non-hydrogen) atoms. The molecule has 1 N–H and O–H groups in total. The number of halogens is 1. The third-order valence-corrected chi connectivity index (χ3v) is 3.51. The van der Waals surface area contributed by atoms with Crippen LogP contribution < -0.4 is 4.74 Å². The zero-order valence-electron chi connectivity index (χ0n) is 11.7. The van der Waals surface area contributed by atoms with Crippen molar-refractivity contribution in [1.82, 2.24) is 15.2 Å². The molecule has 0 bridgehead atoms. The number of hydrogen-bond acceptors (Lipinski definition) is 3. The van der Waals surface area contributed by atoms with E-state index in [0.717, 1.165) is 28.1 Å². The summed E-state index contributed by atoms with van der Waals surface area (Å²) in [5.74, 6) is 0.587. The number of nitrogens with one attached hydrogen (secondary N) is 1. The standard InChI is InChI=1S/C16H14ClN3O/c1-10-15(12-6-7-14(21-2)18-9-12)16(20-19-10)11-4-3-5-13(17)8-11/h3-9H,1-2H3,(H,19,20). The maximum Gasteiger partial charge on any atom is 0.212 e. The highest BCUT2D eigenvalue weighted by atomic mass is 35.5. The highest BCUT2D eigenvalue weighted by Gasteiger charge is 2.15. The number of nitrogens with zero attached hydrogens (tertiary/aromatic N) is 2. The number of H-pyrrole nitrogens is 1. The molecule has 0 aliphatic heterocycles. The first kappa shape index (κ1) is 13.6. The van der Waals surface area contributed by atoms with Crippen molar-refractivity contribution in [2.75, 3.05) is 7.11 Å². The van der Waals surface area contributed by atoms with Gasteiger partial charge in [0.15, 0.2) is 0 Å². The van der Waals surface area contributed by atoms with Crippen LogP contribution in [0.5, 0.6) is 5.88 Å². The largest absolute Gasteiger partial charge is 0.481 e. The summed E-state index contributed by atoms with van der Waals surface area (Å²) in [6, 6.07) is 11.5. The van der Waals surface area contributed by atoms with Crippen LogP contribution in [0, 0.1) is 6.92 Å². The Labute approximate surface area is 127 Å². The van der Waals surface area contributed by atoms with Gasteiger partial charge in [-0.15, -0.1) is 0 Å². The fourth-order valence-corrected chi connectivity index (χ4v) is 2.47. The first-order valence-electron chi connectivity index (χ1n) is 6.50. The minimum absolute atomic E-state index is 0.587. The van der Waals surface area contributed by atoms with Gasteiger partial charge in [-0.1, -0.05) is 23.7 Å². The fourth-order valence-electron chi connectivity index (χ4n) is 2.28. The van der Waals surface area contributed by atoms with Crippen LogP contribution in [0.1, 0.15) is 5.69 Å². The normalized spacial score (nSPS) is 10.6. The van der Waals surface area contributed by atoms with Crippen LogP contribution >= 0.6 is 11.6 Å². The van der Waals surface area contributed by atoms with Gasteiger partial charge in [0.25, 0.3) is 0 Å². The smallest absolute Gasteiger partial charge is 0.212 e. The zero-order valence-corrected chi connectivity index (χ0v) is 12.5. The predicted octanol–water partition coefficient (Wildman–Crippen LogP) is 4.11. The average molecular weight is 300 g/mol. The molecule has 0 aliphatic rings. The highest BCUT2D eigenvalue weighted by Crippen LogP contribution is 2.33. The van der Waals surface area contributed by atoms with Gasteiger partial charge >= 0.3 is 0 Å². The van der Waals surface area contributed by atoms with E-state index >= 15 is 0 Å². The monoisotopic (exact) mass is 299 g/mol. The van der Waals surface area contributed by atoms with E-state index in [1.165, 1.54) is 0 Å². The summed E-state index contributed by atoms with van der Waals surface area (Å²) in [4.78, 5) is 4.26. The molecule has 0 saturated carbocycles. The molecule has 0 unspecified atom stereocenters. The lowest BCUT2D eigenvalue weighted by Gasteiger charge is -2.05. The van der Waals surface area contributed by atoms with E-state index in [2.05, 4.69) is 15.2 Å². The van der Waals surface area contributed by atoms with Crippen molar-refractivity contribution in [3.05, 3.63) is 53.3 Å². The summed E-state index contributed by atoms with van der Waals surface area (Å²) in [6.45, 7) is 1.99. The van der Waals surface area contributed by atoms with Crippen LogP contribution in [-0.2, 0) is 0 Å². The Morgan fingerprint density at radius 1 is 1.14 bits per heavy atom. The molecule has 2 heterocycles. The van der Waals surface area contributed by atoms with Gasteiger partial charge in [-0.25, -0.2) is 4.98 Å². The molecule has 0 amide bonds. The molecular formula is C16H14ClN3O.